The van der Waals surface area contributed by atoms with Crippen LogP contribution in [0.3, 0.4) is 0 Å². The normalized spacial score (nSPS) is 10.3. The molecule has 1 aromatic carbocycles. The molecule has 5 heteroatoms. The van der Waals surface area contributed by atoms with Crippen LogP contribution >= 0.6 is 27.3 Å². The monoisotopic (exact) mass is 312 g/mol. The topological polar surface area (TPSA) is 34.2 Å². The molecule has 2 aromatic rings. The van der Waals surface area contributed by atoms with Gasteiger partial charge in [0.2, 0.25) is 0 Å². The summed E-state index contributed by atoms with van der Waals surface area (Å²) in [5.41, 5.74) is 1.06. The van der Waals surface area contributed by atoms with Crippen molar-refractivity contribution in [3.05, 3.63) is 28.9 Å². The van der Waals surface area contributed by atoms with E-state index in [0.29, 0.717) is 0 Å². The molecule has 0 unspecified atom stereocenters. The van der Waals surface area contributed by atoms with Crippen LogP contribution in [-0.2, 0) is 0 Å². The minimum absolute atomic E-state index is 0.861. The first-order valence-electron chi connectivity index (χ1n) is 5.28. The number of halogens is 1. The van der Waals surface area contributed by atoms with Gasteiger partial charge in [0, 0.05) is 22.8 Å². The summed E-state index contributed by atoms with van der Waals surface area (Å²) >= 11 is 5.10. The second-order valence-electron chi connectivity index (χ2n) is 3.40. The lowest BCUT2D eigenvalue weighted by molar-refractivity contribution is 0.416. The van der Waals surface area contributed by atoms with Gasteiger partial charge in [0.05, 0.1) is 12.0 Å². The van der Waals surface area contributed by atoms with E-state index in [1.165, 1.54) is 0 Å². The van der Waals surface area contributed by atoms with Crippen molar-refractivity contribution in [2.24, 2.45) is 0 Å². The minimum atomic E-state index is 0.861. The molecule has 0 fully saturated rings. The summed E-state index contributed by atoms with van der Waals surface area (Å²) in [4.78, 5) is 5.42. The summed E-state index contributed by atoms with van der Waals surface area (Å²) < 4.78 is 6.40. The predicted octanol–water partition coefficient (Wildman–Crippen LogP) is 4.01. The molecule has 0 aliphatic carbocycles. The molecule has 0 saturated carbocycles. The van der Waals surface area contributed by atoms with Gasteiger partial charge in [-0.1, -0.05) is 27.3 Å². The van der Waals surface area contributed by atoms with Gasteiger partial charge >= 0.3 is 0 Å². The van der Waals surface area contributed by atoms with Crippen LogP contribution in [0.25, 0.3) is 10.4 Å². The van der Waals surface area contributed by atoms with Gasteiger partial charge in [-0.2, -0.15) is 0 Å². The fourth-order valence-electron chi connectivity index (χ4n) is 1.50. The molecule has 2 rings (SSSR count). The number of anilines is 1. The molecule has 0 saturated heterocycles. The number of ether oxygens (including phenoxy) is 1. The van der Waals surface area contributed by atoms with Gasteiger partial charge in [0.1, 0.15) is 5.75 Å². The van der Waals surface area contributed by atoms with Gasteiger partial charge in [0.25, 0.3) is 0 Å². The lowest BCUT2D eigenvalue weighted by atomic mass is 10.2. The van der Waals surface area contributed by atoms with Gasteiger partial charge < -0.3 is 10.1 Å². The zero-order valence-electron chi connectivity index (χ0n) is 9.66. The van der Waals surface area contributed by atoms with Gasteiger partial charge in [-0.15, -0.1) is 0 Å². The molecule has 0 radical (unpaired) electrons. The third-order valence-electron chi connectivity index (χ3n) is 2.26. The predicted molar refractivity (Wildman–Crippen MR) is 76.0 cm³/mol. The second kappa shape index (κ2) is 5.51. The smallest absolute Gasteiger partial charge is 0.183 e. The summed E-state index contributed by atoms with van der Waals surface area (Å²) in [5, 5.41) is 4.14. The maximum Gasteiger partial charge on any atom is 0.183 e. The first-order valence-corrected chi connectivity index (χ1v) is 6.89. The average molecular weight is 313 g/mol. The van der Waals surface area contributed by atoms with Crippen molar-refractivity contribution in [3.63, 3.8) is 0 Å². The highest BCUT2D eigenvalue weighted by Crippen LogP contribution is 2.37. The molecule has 17 heavy (non-hydrogen) atoms. The molecular weight excluding hydrogens is 300 g/mol. The lowest BCUT2D eigenvalue weighted by Gasteiger charge is -2.06. The third-order valence-corrected chi connectivity index (χ3v) is 3.74. The van der Waals surface area contributed by atoms with Crippen molar-refractivity contribution < 1.29 is 4.74 Å². The van der Waals surface area contributed by atoms with Crippen LogP contribution in [-0.4, -0.2) is 18.6 Å². The highest BCUT2D eigenvalue weighted by Gasteiger charge is 2.10. The maximum absolute atomic E-state index is 5.36. The Balaban J connectivity index is 2.40. The number of aromatic nitrogens is 1. The Hall–Kier alpha value is -1.07. The molecular formula is C12H13BrN2OS. The highest BCUT2D eigenvalue weighted by atomic mass is 79.9. The van der Waals surface area contributed by atoms with Crippen molar-refractivity contribution in [1.29, 1.82) is 0 Å². The molecule has 0 aliphatic heterocycles. The van der Waals surface area contributed by atoms with Gasteiger partial charge in [0.15, 0.2) is 5.13 Å². The number of hydrogen-bond acceptors (Lipinski definition) is 4. The van der Waals surface area contributed by atoms with Crippen LogP contribution in [0.15, 0.2) is 28.9 Å². The number of nitrogens with one attached hydrogen (secondary N) is 1. The van der Waals surface area contributed by atoms with E-state index in [1.54, 1.807) is 18.4 Å². The van der Waals surface area contributed by atoms with Crippen LogP contribution in [0, 0.1) is 0 Å². The number of rotatable bonds is 4. The van der Waals surface area contributed by atoms with Crippen LogP contribution in [0.1, 0.15) is 6.92 Å². The molecule has 0 aliphatic rings. The number of hydrogen-bond donors (Lipinski definition) is 1. The standard InChI is InChI=1S/C12H13BrN2OS/c1-3-14-12-15-7-11(17-12)9-6-8(13)4-5-10(9)16-2/h4-7H,3H2,1-2H3,(H,14,15). The minimum Gasteiger partial charge on any atom is -0.496 e. The van der Waals surface area contributed by atoms with Crippen LogP contribution in [0.5, 0.6) is 5.75 Å². The molecule has 1 N–H and O–H groups in total. The van der Waals surface area contributed by atoms with E-state index in [0.717, 1.165) is 32.3 Å². The maximum atomic E-state index is 5.36. The van der Waals surface area contributed by atoms with E-state index < -0.39 is 0 Å². The Kier molecular flexibility index (Phi) is 4.02. The second-order valence-corrected chi connectivity index (χ2v) is 5.35. The SMILES string of the molecule is CCNc1ncc(-c2cc(Br)ccc2OC)s1. The third kappa shape index (κ3) is 2.79. The van der Waals surface area contributed by atoms with Crippen LogP contribution in [0.4, 0.5) is 5.13 Å². The zero-order chi connectivity index (χ0) is 12.3. The Bertz CT molecular complexity index is 513. The summed E-state index contributed by atoms with van der Waals surface area (Å²) in [7, 11) is 1.68. The number of methoxy groups -OCH3 is 1. The van der Waals surface area contributed by atoms with E-state index in [1.807, 2.05) is 24.4 Å². The van der Waals surface area contributed by atoms with Crippen LogP contribution in [0.2, 0.25) is 0 Å². The summed E-state index contributed by atoms with van der Waals surface area (Å²) in [6, 6.07) is 5.96. The van der Waals surface area contributed by atoms with E-state index >= 15 is 0 Å². The lowest BCUT2D eigenvalue weighted by Crippen LogP contribution is -1.94. The molecule has 0 atom stereocenters. The van der Waals surface area contributed by atoms with Crippen molar-refractivity contribution in [3.8, 4) is 16.2 Å². The molecule has 1 heterocycles. The van der Waals surface area contributed by atoms with Crippen molar-refractivity contribution >= 4 is 32.4 Å². The van der Waals surface area contributed by atoms with E-state index in [2.05, 4.69) is 33.2 Å². The van der Waals surface area contributed by atoms with Crippen molar-refractivity contribution in [2.75, 3.05) is 19.0 Å². The molecule has 1 aromatic heterocycles. The van der Waals surface area contributed by atoms with E-state index in [-0.39, 0.29) is 0 Å². The zero-order valence-corrected chi connectivity index (χ0v) is 12.1. The first kappa shape index (κ1) is 12.4. The Labute approximate surface area is 113 Å². The molecule has 0 spiro atoms. The van der Waals surface area contributed by atoms with Gasteiger partial charge in [-0.25, -0.2) is 4.98 Å². The van der Waals surface area contributed by atoms with Gasteiger partial charge in [-0.3, -0.25) is 0 Å². The number of nitrogens with zero attached hydrogens (tertiary/aromatic N) is 1. The summed E-state index contributed by atoms with van der Waals surface area (Å²) in [6.45, 7) is 2.93. The fourth-order valence-corrected chi connectivity index (χ4v) is 2.77. The molecule has 90 valence electrons. The molecule has 0 bridgehead atoms. The number of thiazole rings is 1. The summed E-state index contributed by atoms with van der Waals surface area (Å²) in [6.07, 6.45) is 1.87. The van der Waals surface area contributed by atoms with E-state index in [9.17, 15) is 0 Å². The van der Waals surface area contributed by atoms with Crippen molar-refractivity contribution in [1.82, 2.24) is 4.98 Å². The Morgan fingerprint density at radius 3 is 3.00 bits per heavy atom. The number of benzene rings is 1. The Morgan fingerprint density at radius 1 is 1.47 bits per heavy atom. The Morgan fingerprint density at radius 2 is 2.29 bits per heavy atom. The molecule has 0 amide bonds. The van der Waals surface area contributed by atoms with Gasteiger partial charge in [-0.05, 0) is 25.1 Å². The largest absolute Gasteiger partial charge is 0.496 e. The van der Waals surface area contributed by atoms with Crippen molar-refractivity contribution in [2.45, 2.75) is 6.92 Å². The van der Waals surface area contributed by atoms with E-state index in [4.69, 9.17) is 4.74 Å². The first-order chi connectivity index (χ1) is 8.24. The summed E-state index contributed by atoms with van der Waals surface area (Å²) in [5.74, 6) is 0.861. The highest BCUT2D eigenvalue weighted by molar-refractivity contribution is 9.10. The fraction of sp³-hybridized carbons (Fsp3) is 0.250. The average Bonchev–Trinajstić information content (AvgIpc) is 2.78. The van der Waals surface area contributed by atoms with Crippen LogP contribution < -0.4 is 10.1 Å². The quantitative estimate of drug-likeness (QED) is 0.926. The molecule has 3 nitrogen and oxygen atoms in total.